The topological polar surface area (TPSA) is 71.2 Å². The van der Waals surface area contributed by atoms with Crippen molar-refractivity contribution in [2.45, 2.75) is 18.2 Å². The molecule has 3 rings (SSSR count). The van der Waals surface area contributed by atoms with Crippen LogP contribution in [0.4, 0.5) is 0 Å². The highest BCUT2D eigenvalue weighted by molar-refractivity contribution is 7.99. The van der Waals surface area contributed by atoms with E-state index in [4.69, 9.17) is 5.11 Å². The predicted molar refractivity (Wildman–Crippen MR) is 75.1 cm³/mol. The van der Waals surface area contributed by atoms with Crippen LogP contribution < -0.4 is 0 Å². The van der Waals surface area contributed by atoms with Gasteiger partial charge in [0.2, 0.25) is 0 Å². The first-order chi connectivity index (χ1) is 9.74. The first-order valence-corrected chi connectivity index (χ1v) is 7.28. The van der Waals surface area contributed by atoms with Crippen LogP contribution in [-0.2, 0) is 11.5 Å². The third-order valence-corrected chi connectivity index (χ3v) is 4.16. The second kappa shape index (κ2) is 5.64. The lowest BCUT2D eigenvalue weighted by Gasteiger charge is -2.27. The normalized spacial score (nSPS) is 15.0. The number of rotatable bonds is 4. The van der Waals surface area contributed by atoms with Gasteiger partial charge in [-0.05, 0) is 0 Å². The standard InChI is InChI=1S/C13H14N4O2S/c18-11(19)6-7-16-8-17-12(10-4-2-1-3-5-10)14-15-13(17)20-9-16/h1-5H,6-9H2,(H,18,19). The Morgan fingerprint density at radius 2 is 2.10 bits per heavy atom. The Kier molecular flexibility index (Phi) is 3.70. The zero-order valence-electron chi connectivity index (χ0n) is 10.8. The van der Waals surface area contributed by atoms with E-state index in [-0.39, 0.29) is 6.42 Å². The average Bonchev–Trinajstić information content (AvgIpc) is 2.89. The van der Waals surface area contributed by atoms with E-state index in [0.717, 1.165) is 22.4 Å². The molecule has 7 heteroatoms. The molecule has 0 atom stereocenters. The van der Waals surface area contributed by atoms with E-state index in [1.807, 2.05) is 34.9 Å². The molecule has 0 amide bonds. The van der Waals surface area contributed by atoms with E-state index in [1.165, 1.54) is 0 Å². The van der Waals surface area contributed by atoms with Crippen molar-refractivity contribution in [2.75, 3.05) is 12.4 Å². The van der Waals surface area contributed by atoms with Gasteiger partial charge in [-0.1, -0.05) is 42.1 Å². The van der Waals surface area contributed by atoms with Crippen molar-refractivity contribution >= 4 is 17.7 Å². The molecule has 2 heterocycles. The number of thioether (sulfide) groups is 1. The summed E-state index contributed by atoms with van der Waals surface area (Å²) >= 11 is 1.59. The lowest BCUT2D eigenvalue weighted by atomic mass is 10.2. The highest BCUT2D eigenvalue weighted by Gasteiger charge is 2.22. The van der Waals surface area contributed by atoms with Crippen molar-refractivity contribution in [1.82, 2.24) is 19.7 Å². The number of carbonyl (C=O) groups is 1. The second-order valence-electron chi connectivity index (χ2n) is 4.55. The Hall–Kier alpha value is -1.86. The Labute approximate surface area is 120 Å². The van der Waals surface area contributed by atoms with Crippen LogP contribution in [0.25, 0.3) is 11.4 Å². The average molecular weight is 290 g/mol. The van der Waals surface area contributed by atoms with Gasteiger partial charge in [0.15, 0.2) is 11.0 Å². The summed E-state index contributed by atoms with van der Waals surface area (Å²) < 4.78 is 2.03. The van der Waals surface area contributed by atoms with Crippen LogP contribution in [-0.4, -0.2) is 43.2 Å². The summed E-state index contributed by atoms with van der Waals surface area (Å²) in [6.07, 6.45) is 0.151. The smallest absolute Gasteiger partial charge is 0.304 e. The molecule has 0 bridgehead atoms. The fourth-order valence-electron chi connectivity index (χ4n) is 2.10. The van der Waals surface area contributed by atoms with E-state index in [9.17, 15) is 4.79 Å². The summed E-state index contributed by atoms with van der Waals surface area (Å²) in [7, 11) is 0. The van der Waals surface area contributed by atoms with Crippen molar-refractivity contribution < 1.29 is 9.90 Å². The van der Waals surface area contributed by atoms with Crippen LogP contribution in [0.5, 0.6) is 0 Å². The number of carboxylic acid groups (broad SMARTS) is 1. The van der Waals surface area contributed by atoms with Crippen LogP contribution in [0.15, 0.2) is 35.5 Å². The predicted octanol–water partition coefficient (Wildman–Crippen LogP) is 1.74. The van der Waals surface area contributed by atoms with Gasteiger partial charge < -0.3 is 5.11 Å². The van der Waals surface area contributed by atoms with Gasteiger partial charge in [0.1, 0.15) is 0 Å². The number of hydrogen-bond donors (Lipinski definition) is 1. The summed E-state index contributed by atoms with van der Waals surface area (Å²) in [5.41, 5.74) is 1.02. The van der Waals surface area contributed by atoms with Crippen molar-refractivity contribution in [3.8, 4) is 11.4 Å². The number of benzene rings is 1. The molecule has 0 spiro atoms. The van der Waals surface area contributed by atoms with E-state index in [0.29, 0.717) is 13.2 Å². The molecule has 1 aromatic carbocycles. The third kappa shape index (κ3) is 2.68. The minimum atomic E-state index is -0.771. The maximum atomic E-state index is 10.7. The molecular weight excluding hydrogens is 276 g/mol. The molecular formula is C13H14N4O2S. The zero-order valence-corrected chi connectivity index (χ0v) is 11.6. The number of nitrogens with zero attached hydrogens (tertiary/aromatic N) is 4. The number of hydrogen-bond acceptors (Lipinski definition) is 5. The summed E-state index contributed by atoms with van der Waals surface area (Å²) in [4.78, 5) is 12.7. The van der Waals surface area contributed by atoms with Crippen LogP contribution in [0, 0.1) is 0 Å². The van der Waals surface area contributed by atoms with E-state index < -0.39 is 5.97 Å². The maximum absolute atomic E-state index is 10.7. The van der Waals surface area contributed by atoms with Crippen molar-refractivity contribution in [3.05, 3.63) is 30.3 Å². The van der Waals surface area contributed by atoms with Crippen LogP contribution in [0.1, 0.15) is 6.42 Å². The molecule has 0 saturated carbocycles. The van der Waals surface area contributed by atoms with Gasteiger partial charge in [-0.25, -0.2) is 0 Å². The van der Waals surface area contributed by atoms with Crippen molar-refractivity contribution in [2.24, 2.45) is 0 Å². The molecule has 0 saturated heterocycles. The quantitative estimate of drug-likeness (QED) is 0.925. The second-order valence-corrected chi connectivity index (χ2v) is 5.47. The first kappa shape index (κ1) is 13.1. The van der Waals surface area contributed by atoms with Gasteiger partial charge in [0, 0.05) is 12.1 Å². The molecule has 0 aliphatic carbocycles. The molecule has 104 valence electrons. The first-order valence-electron chi connectivity index (χ1n) is 6.29. The Morgan fingerprint density at radius 3 is 2.85 bits per heavy atom. The van der Waals surface area contributed by atoms with Gasteiger partial charge in [-0.15, -0.1) is 10.2 Å². The van der Waals surface area contributed by atoms with Crippen molar-refractivity contribution in [3.63, 3.8) is 0 Å². The molecule has 1 aliphatic heterocycles. The van der Waals surface area contributed by atoms with Crippen molar-refractivity contribution in [1.29, 1.82) is 0 Å². The largest absolute Gasteiger partial charge is 0.481 e. The molecule has 1 aliphatic rings. The van der Waals surface area contributed by atoms with Gasteiger partial charge in [-0.2, -0.15) is 0 Å². The highest BCUT2D eigenvalue weighted by Crippen LogP contribution is 2.28. The minimum Gasteiger partial charge on any atom is -0.481 e. The molecule has 0 radical (unpaired) electrons. The fourth-order valence-corrected chi connectivity index (χ4v) is 3.01. The van der Waals surface area contributed by atoms with Crippen LogP contribution >= 0.6 is 11.8 Å². The minimum absolute atomic E-state index is 0.151. The molecule has 0 fully saturated rings. The third-order valence-electron chi connectivity index (χ3n) is 3.11. The summed E-state index contributed by atoms with van der Waals surface area (Å²) in [6.45, 7) is 1.17. The molecule has 6 nitrogen and oxygen atoms in total. The van der Waals surface area contributed by atoms with Crippen LogP contribution in [0.3, 0.4) is 0 Å². The Morgan fingerprint density at radius 1 is 1.30 bits per heavy atom. The van der Waals surface area contributed by atoms with Gasteiger partial charge in [-0.3, -0.25) is 14.3 Å². The van der Waals surface area contributed by atoms with E-state index in [1.54, 1.807) is 11.8 Å². The van der Waals surface area contributed by atoms with Gasteiger partial charge in [0.25, 0.3) is 0 Å². The number of aromatic nitrogens is 3. The van der Waals surface area contributed by atoms with Crippen LogP contribution in [0.2, 0.25) is 0 Å². The maximum Gasteiger partial charge on any atom is 0.304 e. The summed E-state index contributed by atoms with van der Waals surface area (Å²) in [6, 6.07) is 9.89. The fraction of sp³-hybridized carbons (Fsp3) is 0.308. The number of aliphatic carboxylic acids is 1. The highest BCUT2D eigenvalue weighted by atomic mass is 32.2. The Balaban J connectivity index is 1.81. The monoisotopic (exact) mass is 290 g/mol. The van der Waals surface area contributed by atoms with Gasteiger partial charge >= 0.3 is 5.97 Å². The lowest BCUT2D eigenvalue weighted by Crippen LogP contribution is -2.32. The molecule has 1 N–H and O–H groups in total. The molecule has 2 aromatic rings. The molecule has 20 heavy (non-hydrogen) atoms. The van der Waals surface area contributed by atoms with E-state index in [2.05, 4.69) is 15.1 Å². The SMILES string of the molecule is O=C(O)CCN1CSc2nnc(-c3ccccc3)n2C1. The zero-order chi connectivity index (χ0) is 13.9. The Bertz CT molecular complexity index is 614. The summed E-state index contributed by atoms with van der Waals surface area (Å²) in [5.74, 6) is 0.807. The van der Waals surface area contributed by atoms with Gasteiger partial charge in [0.05, 0.1) is 19.0 Å². The number of carboxylic acids is 1. The number of fused-ring (bicyclic) bond motifs is 1. The summed E-state index contributed by atoms with van der Waals surface area (Å²) in [5, 5.41) is 18.1. The molecule has 1 aromatic heterocycles. The molecule has 0 unspecified atom stereocenters. The lowest BCUT2D eigenvalue weighted by molar-refractivity contribution is -0.137. The van der Waals surface area contributed by atoms with E-state index >= 15 is 0 Å².